The van der Waals surface area contributed by atoms with Crippen LogP contribution in [0.5, 0.6) is 0 Å². The topological polar surface area (TPSA) is 39.1 Å². The Hall–Kier alpha value is -0.870. The minimum atomic E-state index is 0.446. The molecule has 2 heterocycles. The molecule has 0 amide bonds. The Kier molecular flexibility index (Phi) is 4.78. The average molecular weight is 251 g/mol. The van der Waals surface area contributed by atoms with E-state index in [4.69, 9.17) is 4.74 Å². The van der Waals surface area contributed by atoms with Crippen LogP contribution in [0.3, 0.4) is 0 Å². The third kappa shape index (κ3) is 3.33. The predicted octanol–water partition coefficient (Wildman–Crippen LogP) is 1.68. The molecular weight excluding hydrogens is 226 g/mol. The Balaban J connectivity index is 1.93. The van der Waals surface area contributed by atoms with Crippen LogP contribution < -0.4 is 5.32 Å². The number of nitrogens with zero attached hydrogens (tertiary/aromatic N) is 2. The highest BCUT2D eigenvalue weighted by Crippen LogP contribution is 2.19. The molecule has 1 aromatic rings. The number of hydrogen-bond donors (Lipinski definition) is 1. The number of aryl methyl sites for hydroxylation is 2. The normalized spacial score (nSPS) is 21.4. The van der Waals surface area contributed by atoms with E-state index in [2.05, 4.69) is 23.4 Å². The van der Waals surface area contributed by atoms with Crippen LogP contribution >= 0.6 is 0 Å². The lowest BCUT2D eigenvalue weighted by molar-refractivity contribution is 0.0952. The summed E-state index contributed by atoms with van der Waals surface area (Å²) in [7, 11) is 4.07. The third-order valence-electron chi connectivity index (χ3n) is 3.82. The van der Waals surface area contributed by atoms with Crippen molar-refractivity contribution in [1.82, 2.24) is 15.1 Å². The van der Waals surface area contributed by atoms with E-state index in [1.165, 1.54) is 24.2 Å². The zero-order chi connectivity index (χ0) is 13.0. The molecule has 1 aliphatic rings. The maximum absolute atomic E-state index is 5.72. The second kappa shape index (κ2) is 6.34. The molecular formula is C14H25N3O. The fourth-order valence-corrected chi connectivity index (χ4v) is 2.64. The number of nitrogens with one attached hydrogen (secondary N) is 1. The SMILES string of the molecule is CCc1cc(CC(CC2CCCO2)NC)n(C)n1. The molecule has 0 aromatic carbocycles. The van der Waals surface area contributed by atoms with Crippen LogP contribution in [0.4, 0.5) is 0 Å². The van der Waals surface area contributed by atoms with E-state index in [1.54, 1.807) is 0 Å². The Bertz CT molecular complexity index is 369. The van der Waals surface area contributed by atoms with Crippen molar-refractivity contribution in [2.24, 2.45) is 7.05 Å². The lowest BCUT2D eigenvalue weighted by atomic mass is 10.0. The lowest BCUT2D eigenvalue weighted by Crippen LogP contribution is -2.32. The van der Waals surface area contributed by atoms with Gasteiger partial charge in [-0.25, -0.2) is 0 Å². The predicted molar refractivity (Wildman–Crippen MR) is 72.7 cm³/mol. The van der Waals surface area contributed by atoms with Gasteiger partial charge >= 0.3 is 0 Å². The van der Waals surface area contributed by atoms with Gasteiger partial charge in [0.2, 0.25) is 0 Å². The maximum Gasteiger partial charge on any atom is 0.0624 e. The molecule has 102 valence electrons. The summed E-state index contributed by atoms with van der Waals surface area (Å²) in [6.45, 7) is 3.08. The molecule has 18 heavy (non-hydrogen) atoms. The zero-order valence-corrected chi connectivity index (χ0v) is 11.8. The van der Waals surface area contributed by atoms with Gasteiger partial charge in [-0.1, -0.05) is 6.92 Å². The van der Waals surface area contributed by atoms with Crippen LogP contribution in [0.1, 0.15) is 37.6 Å². The van der Waals surface area contributed by atoms with Gasteiger partial charge in [-0.15, -0.1) is 0 Å². The van der Waals surface area contributed by atoms with Crippen molar-refractivity contribution in [3.63, 3.8) is 0 Å². The first-order valence-electron chi connectivity index (χ1n) is 7.03. The summed E-state index contributed by atoms with van der Waals surface area (Å²) in [6, 6.07) is 2.70. The van der Waals surface area contributed by atoms with Gasteiger partial charge in [-0.05, 0) is 38.8 Å². The molecule has 2 unspecified atom stereocenters. The Morgan fingerprint density at radius 3 is 3.00 bits per heavy atom. The van der Waals surface area contributed by atoms with E-state index in [0.717, 1.165) is 25.9 Å². The van der Waals surface area contributed by atoms with Crippen molar-refractivity contribution in [3.05, 3.63) is 17.5 Å². The average Bonchev–Trinajstić information content (AvgIpc) is 2.99. The monoisotopic (exact) mass is 251 g/mol. The van der Waals surface area contributed by atoms with Gasteiger partial charge in [-0.2, -0.15) is 5.10 Å². The molecule has 0 spiro atoms. The van der Waals surface area contributed by atoms with Crippen LogP contribution in [0.25, 0.3) is 0 Å². The molecule has 1 aromatic heterocycles. The van der Waals surface area contributed by atoms with E-state index < -0.39 is 0 Å². The first kappa shape index (κ1) is 13.6. The van der Waals surface area contributed by atoms with Crippen molar-refractivity contribution in [2.45, 2.75) is 51.2 Å². The van der Waals surface area contributed by atoms with Crippen molar-refractivity contribution < 1.29 is 4.74 Å². The standard InChI is InChI=1S/C14H25N3O/c1-4-11-8-13(17(3)16-11)9-12(15-2)10-14-6-5-7-18-14/h8,12,14-15H,4-7,9-10H2,1-3H3. The highest BCUT2D eigenvalue weighted by molar-refractivity contribution is 5.11. The van der Waals surface area contributed by atoms with Crippen LogP contribution in [-0.4, -0.2) is 35.6 Å². The molecule has 1 saturated heterocycles. The summed E-state index contributed by atoms with van der Waals surface area (Å²) in [5, 5.41) is 7.92. The molecule has 4 heteroatoms. The molecule has 0 bridgehead atoms. The largest absolute Gasteiger partial charge is 0.378 e. The van der Waals surface area contributed by atoms with E-state index >= 15 is 0 Å². The molecule has 1 fully saturated rings. The third-order valence-corrected chi connectivity index (χ3v) is 3.82. The molecule has 0 radical (unpaired) electrons. The number of rotatable bonds is 6. The zero-order valence-electron chi connectivity index (χ0n) is 11.8. The summed E-state index contributed by atoms with van der Waals surface area (Å²) in [4.78, 5) is 0. The van der Waals surface area contributed by atoms with Gasteiger partial charge in [0.25, 0.3) is 0 Å². The molecule has 0 aliphatic carbocycles. The second-order valence-electron chi connectivity index (χ2n) is 5.16. The highest BCUT2D eigenvalue weighted by Gasteiger charge is 2.21. The fraction of sp³-hybridized carbons (Fsp3) is 0.786. The van der Waals surface area contributed by atoms with E-state index in [-0.39, 0.29) is 0 Å². The van der Waals surface area contributed by atoms with Crippen LogP contribution in [0.2, 0.25) is 0 Å². The van der Waals surface area contributed by atoms with Crippen LogP contribution in [0, 0.1) is 0 Å². The number of aromatic nitrogens is 2. The number of ether oxygens (including phenoxy) is 1. The van der Waals surface area contributed by atoms with Crippen molar-refractivity contribution in [2.75, 3.05) is 13.7 Å². The molecule has 0 saturated carbocycles. The summed E-state index contributed by atoms with van der Waals surface area (Å²) >= 11 is 0. The first-order chi connectivity index (χ1) is 8.72. The number of hydrogen-bond acceptors (Lipinski definition) is 3. The quantitative estimate of drug-likeness (QED) is 0.836. The Morgan fingerprint density at radius 1 is 1.61 bits per heavy atom. The Labute approximate surface area is 110 Å². The summed E-state index contributed by atoms with van der Waals surface area (Å²) in [5.74, 6) is 0. The van der Waals surface area contributed by atoms with E-state index in [0.29, 0.717) is 12.1 Å². The minimum absolute atomic E-state index is 0.446. The summed E-state index contributed by atoms with van der Waals surface area (Å²) in [5.41, 5.74) is 2.49. The van der Waals surface area contributed by atoms with Gasteiger partial charge in [0.15, 0.2) is 0 Å². The fourth-order valence-electron chi connectivity index (χ4n) is 2.64. The molecule has 4 nitrogen and oxygen atoms in total. The Morgan fingerprint density at radius 2 is 2.44 bits per heavy atom. The number of likely N-dealkylation sites (N-methyl/N-ethyl adjacent to an activating group) is 1. The van der Waals surface area contributed by atoms with Crippen LogP contribution in [0.15, 0.2) is 6.07 Å². The van der Waals surface area contributed by atoms with Crippen molar-refractivity contribution in [3.8, 4) is 0 Å². The van der Waals surface area contributed by atoms with Gasteiger partial charge in [0.1, 0.15) is 0 Å². The first-order valence-corrected chi connectivity index (χ1v) is 7.03. The molecule has 2 rings (SSSR count). The molecule has 1 aliphatic heterocycles. The second-order valence-corrected chi connectivity index (χ2v) is 5.16. The summed E-state index contributed by atoms with van der Waals surface area (Å²) < 4.78 is 7.73. The highest BCUT2D eigenvalue weighted by atomic mass is 16.5. The molecule has 2 atom stereocenters. The van der Waals surface area contributed by atoms with Crippen LogP contribution in [-0.2, 0) is 24.6 Å². The van der Waals surface area contributed by atoms with Gasteiger partial charge in [0.05, 0.1) is 11.8 Å². The smallest absolute Gasteiger partial charge is 0.0624 e. The minimum Gasteiger partial charge on any atom is -0.378 e. The van der Waals surface area contributed by atoms with Gasteiger partial charge < -0.3 is 10.1 Å². The van der Waals surface area contributed by atoms with Gasteiger partial charge in [0, 0.05) is 31.8 Å². The van der Waals surface area contributed by atoms with E-state index in [1.807, 2.05) is 18.8 Å². The van der Waals surface area contributed by atoms with Crippen molar-refractivity contribution >= 4 is 0 Å². The lowest BCUT2D eigenvalue weighted by Gasteiger charge is -2.19. The maximum atomic E-state index is 5.72. The summed E-state index contributed by atoms with van der Waals surface area (Å²) in [6.07, 6.45) is 6.00. The molecule has 1 N–H and O–H groups in total. The van der Waals surface area contributed by atoms with Gasteiger partial charge in [-0.3, -0.25) is 4.68 Å². The van der Waals surface area contributed by atoms with E-state index in [9.17, 15) is 0 Å². The van der Waals surface area contributed by atoms with Crippen molar-refractivity contribution in [1.29, 1.82) is 0 Å².